The molecule has 0 aliphatic carbocycles. The van der Waals surface area contributed by atoms with Crippen molar-refractivity contribution in [2.45, 2.75) is 34.1 Å². The lowest BCUT2D eigenvalue weighted by Gasteiger charge is -2.14. The molecule has 1 rings (SSSR count). The molecule has 1 unspecified atom stereocenters. The molecule has 1 atom stereocenters. The molecule has 0 saturated heterocycles. The number of aryl methyl sites for hydroxylation is 1. The van der Waals surface area contributed by atoms with Crippen molar-refractivity contribution in [3.8, 4) is 0 Å². The molecule has 1 nitrogen and oxygen atoms in total. The minimum Gasteiger partial charge on any atom is -0.316 e. The lowest BCUT2D eigenvalue weighted by atomic mass is 10.00. The predicted molar refractivity (Wildman–Crippen MR) is 71.7 cm³/mol. The fraction of sp³-hybridized carbons (Fsp3) is 0.600. The van der Waals surface area contributed by atoms with Gasteiger partial charge in [-0.1, -0.05) is 32.9 Å². The lowest BCUT2D eigenvalue weighted by Crippen LogP contribution is -2.26. The van der Waals surface area contributed by atoms with Crippen LogP contribution in [0, 0.1) is 24.6 Å². The summed E-state index contributed by atoms with van der Waals surface area (Å²) in [5, 5.41) is 3.44. The summed E-state index contributed by atoms with van der Waals surface area (Å²) in [6.07, 6.45) is 0.933. The predicted octanol–water partition coefficient (Wildman–Crippen LogP) is 3.56. The number of nitrogens with one attached hydrogen (secondary N) is 1. The number of benzene rings is 1. The van der Waals surface area contributed by atoms with Crippen molar-refractivity contribution in [3.63, 3.8) is 0 Å². The number of hydrogen-bond acceptors (Lipinski definition) is 1. The van der Waals surface area contributed by atoms with E-state index < -0.39 is 0 Å². The first-order valence-corrected chi connectivity index (χ1v) is 6.44. The fourth-order valence-electron chi connectivity index (χ4n) is 1.86. The van der Waals surface area contributed by atoms with Crippen molar-refractivity contribution in [1.29, 1.82) is 0 Å². The maximum Gasteiger partial charge on any atom is 0.126 e. The van der Waals surface area contributed by atoms with Crippen LogP contribution in [0.2, 0.25) is 0 Å². The summed E-state index contributed by atoms with van der Waals surface area (Å²) in [6, 6.07) is 5.55. The Labute approximate surface area is 104 Å². The molecule has 0 fully saturated rings. The third-order valence-corrected chi connectivity index (χ3v) is 2.87. The van der Waals surface area contributed by atoms with Crippen LogP contribution in [-0.2, 0) is 6.42 Å². The highest BCUT2D eigenvalue weighted by Gasteiger charge is 2.06. The molecule has 0 aromatic heterocycles. The molecule has 1 aromatic carbocycles. The van der Waals surface area contributed by atoms with Crippen LogP contribution in [0.3, 0.4) is 0 Å². The third-order valence-electron chi connectivity index (χ3n) is 2.87. The maximum atomic E-state index is 13.4. The van der Waals surface area contributed by atoms with Crippen molar-refractivity contribution in [2.75, 3.05) is 13.1 Å². The summed E-state index contributed by atoms with van der Waals surface area (Å²) in [6.45, 7) is 10.4. The summed E-state index contributed by atoms with van der Waals surface area (Å²) in [5.74, 6) is 1.12. The van der Waals surface area contributed by atoms with Gasteiger partial charge in [0.25, 0.3) is 0 Å². The molecule has 0 saturated carbocycles. The van der Waals surface area contributed by atoms with E-state index in [9.17, 15) is 4.39 Å². The van der Waals surface area contributed by atoms with Crippen molar-refractivity contribution in [2.24, 2.45) is 11.8 Å². The Morgan fingerprint density at radius 1 is 1.18 bits per heavy atom. The van der Waals surface area contributed by atoms with E-state index in [0.717, 1.165) is 30.6 Å². The minimum atomic E-state index is -0.0927. The molecule has 0 bridgehead atoms. The molecule has 0 radical (unpaired) electrons. The molecular formula is C15H24FN. The minimum absolute atomic E-state index is 0.0927. The summed E-state index contributed by atoms with van der Waals surface area (Å²) in [7, 11) is 0. The molecule has 96 valence electrons. The summed E-state index contributed by atoms with van der Waals surface area (Å²) in [4.78, 5) is 0. The Kier molecular flexibility index (Phi) is 5.63. The largest absolute Gasteiger partial charge is 0.316 e. The van der Waals surface area contributed by atoms with Crippen molar-refractivity contribution < 1.29 is 4.39 Å². The van der Waals surface area contributed by atoms with Gasteiger partial charge in [0.2, 0.25) is 0 Å². The second-order valence-electron chi connectivity index (χ2n) is 5.44. The molecule has 2 heteroatoms. The van der Waals surface area contributed by atoms with Gasteiger partial charge >= 0.3 is 0 Å². The van der Waals surface area contributed by atoms with Gasteiger partial charge in [-0.25, -0.2) is 4.39 Å². The number of halogens is 1. The highest BCUT2D eigenvalue weighted by Crippen LogP contribution is 2.13. The van der Waals surface area contributed by atoms with E-state index in [1.54, 1.807) is 13.0 Å². The lowest BCUT2D eigenvalue weighted by molar-refractivity contribution is 0.472. The van der Waals surface area contributed by atoms with Gasteiger partial charge in [-0.3, -0.25) is 0 Å². The Balaban J connectivity index is 2.39. The zero-order valence-corrected chi connectivity index (χ0v) is 11.4. The molecule has 17 heavy (non-hydrogen) atoms. The Morgan fingerprint density at radius 2 is 1.88 bits per heavy atom. The molecule has 1 aromatic rings. The second kappa shape index (κ2) is 6.75. The molecule has 1 N–H and O–H groups in total. The quantitative estimate of drug-likeness (QED) is 0.797. The Bertz CT molecular complexity index is 347. The van der Waals surface area contributed by atoms with Gasteiger partial charge in [-0.15, -0.1) is 0 Å². The average molecular weight is 237 g/mol. The van der Waals surface area contributed by atoms with Crippen LogP contribution in [-0.4, -0.2) is 13.1 Å². The van der Waals surface area contributed by atoms with Crippen LogP contribution in [0.4, 0.5) is 4.39 Å². The molecule has 0 heterocycles. The first-order valence-electron chi connectivity index (χ1n) is 6.44. The highest BCUT2D eigenvalue weighted by molar-refractivity contribution is 5.23. The molecule has 0 amide bonds. The zero-order chi connectivity index (χ0) is 12.8. The van der Waals surface area contributed by atoms with Gasteiger partial charge in [0.15, 0.2) is 0 Å². The fourth-order valence-corrected chi connectivity index (χ4v) is 1.86. The van der Waals surface area contributed by atoms with E-state index in [0.29, 0.717) is 11.8 Å². The monoisotopic (exact) mass is 237 g/mol. The highest BCUT2D eigenvalue weighted by atomic mass is 19.1. The smallest absolute Gasteiger partial charge is 0.126 e. The van der Waals surface area contributed by atoms with Crippen LogP contribution in [0.1, 0.15) is 31.9 Å². The van der Waals surface area contributed by atoms with Crippen LogP contribution in [0.15, 0.2) is 18.2 Å². The standard InChI is InChI=1S/C15H24FN/c1-11(2)9-17-10-12(3)7-14-6-5-13(4)15(16)8-14/h5-6,8,11-12,17H,7,9-10H2,1-4H3. The van der Waals surface area contributed by atoms with E-state index >= 15 is 0 Å². The van der Waals surface area contributed by atoms with Crippen molar-refractivity contribution in [3.05, 3.63) is 35.1 Å². The van der Waals surface area contributed by atoms with Gasteiger partial charge in [0.1, 0.15) is 5.82 Å². The zero-order valence-electron chi connectivity index (χ0n) is 11.4. The molecular weight excluding hydrogens is 213 g/mol. The first-order chi connectivity index (χ1) is 7.99. The first kappa shape index (κ1) is 14.2. The van der Waals surface area contributed by atoms with Crippen LogP contribution in [0.5, 0.6) is 0 Å². The summed E-state index contributed by atoms with van der Waals surface area (Å²) >= 11 is 0. The van der Waals surface area contributed by atoms with Gasteiger partial charge in [-0.05, 0) is 55.5 Å². The Hall–Kier alpha value is -0.890. The van der Waals surface area contributed by atoms with Crippen molar-refractivity contribution in [1.82, 2.24) is 5.32 Å². The van der Waals surface area contributed by atoms with E-state index in [1.165, 1.54) is 0 Å². The maximum absolute atomic E-state index is 13.4. The van der Waals surface area contributed by atoms with Gasteiger partial charge in [0, 0.05) is 0 Å². The molecule has 0 spiro atoms. The third kappa shape index (κ3) is 5.31. The van der Waals surface area contributed by atoms with E-state index in [-0.39, 0.29) is 5.82 Å². The normalized spacial score (nSPS) is 13.1. The van der Waals surface area contributed by atoms with Crippen LogP contribution < -0.4 is 5.32 Å². The second-order valence-corrected chi connectivity index (χ2v) is 5.44. The average Bonchev–Trinajstić information content (AvgIpc) is 2.23. The Morgan fingerprint density at radius 3 is 2.47 bits per heavy atom. The topological polar surface area (TPSA) is 12.0 Å². The number of hydrogen-bond donors (Lipinski definition) is 1. The van der Waals surface area contributed by atoms with Gasteiger partial charge < -0.3 is 5.32 Å². The SMILES string of the molecule is Cc1ccc(CC(C)CNCC(C)C)cc1F. The summed E-state index contributed by atoms with van der Waals surface area (Å²) in [5.41, 5.74) is 1.81. The van der Waals surface area contributed by atoms with Gasteiger partial charge in [0.05, 0.1) is 0 Å². The molecule has 0 aliphatic rings. The van der Waals surface area contributed by atoms with E-state index in [1.807, 2.05) is 12.1 Å². The van der Waals surface area contributed by atoms with Crippen LogP contribution in [0.25, 0.3) is 0 Å². The number of rotatable bonds is 6. The van der Waals surface area contributed by atoms with E-state index in [2.05, 4.69) is 26.1 Å². The van der Waals surface area contributed by atoms with Crippen LogP contribution >= 0.6 is 0 Å². The molecule has 0 aliphatic heterocycles. The van der Waals surface area contributed by atoms with Gasteiger partial charge in [-0.2, -0.15) is 0 Å². The van der Waals surface area contributed by atoms with Crippen molar-refractivity contribution >= 4 is 0 Å². The van der Waals surface area contributed by atoms with E-state index in [4.69, 9.17) is 0 Å². The summed E-state index contributed by atoms with van der Waals surface area (Å²) < 4.78 is 13.4.